The lowest BCUT2D eigenvalue weighted by molar-refractivity contribution is -0.142. The van der Waals surface area contributed by atoms with Gasteiger partial charge in [-0.2, -0.15) is 0 Å². The van der Waals surface area contributed by atoms with Crippen LogP contribution in [0.5, 0.6) is 0 Å². The molecule has 0 radical (unpaired) electrons. The molecule has 25 heavy (non-hydrogen) atoms. The number of hydrogen-bond donors (Lipinski definition) is 1. The van der Waals surface area contributed by atoms with Gasteiger partial charge in [-0.1, -0.05) is 0 Å². The standard InChI is InChI=1S/C17H14BrNO6/c1-23-17(22)11-2-4-12(5-3-11)19-15(20)10-24-16(21)9-7-13-6-8-14(18)25-13/h2-9H,10H2,1H3,(H,19,20)/b9-7+. The summed E-state index contributed by atoms with van der Waals surface area (Å²) < 4.78 is 15.1. The van der Waals surface area contributed by atoms with Gasteiger partial charge in [-0.15, -0.1) is 0 Å². The fourth-order valence-electron chi connectivity index (χ4n) is 1.76. The van der Waals surface area contributed by atoms with Crippen LogP contribution >= 0.6 is 15.9 Å². The normalized spacial score (nSPS) is 10.5. The lowest BCUT2D eigenvalue weighted by atomic mass is 10.2. The molecule has 0 spiro atoms. The molecule has 7 nitrogen and oxygen atoms in total. The average Bonchev–Trinajstić information content (AvgIpc) is 3.03. The third kappa shape index (κ3) is 5.92. The molecule has 1 heterocycles. The molecular weight excluding hydrogens is 394 g/mol. The van der Waals surface area contributed by atoms with Gasteiger partial charge in [0.1, 0.15) is 5.76 Å². The topological polar surface area (TPSA) is 94.8 Å². The van der Waals surface area contributed by atoms with Crippen LogP contribution < -0.4 is 5.32 Å². The Morgan fingerprint density at radius 2 is 1.88 bits per heavy atom. The first-order valence-electron chi connectivity index (χ1n) is 7.06. The minimum Gasteiger partial charge on any atom is -0.465 e. The number of benzene rings is 1. The van der Waals surface area contributed by atoms with Crippen molar-refractivity contribution in [2.45, 2.75) is 0 Å². The highest BCUT2D eigenvalue weighted by atomic mass is 79.9. The van der Waals surface area contributed by atoms with Crippen molar-refractivity contribution < 1.29 is 28.3 Å². The summed E-state index contributed by atoms with van der Waals surface area (Å²) in [6, 6.07) is 9.46. The maximum absolute atomic E-state index is 11.7. The van der Waals surface area contributed by atoms with E-state index in [-0.39, 0.29) is 0 Å². The number of anilines is 1. The second kappa shape index (κ2) is 8.84. The van der Waals surface area contributed by atoms with Crippen molar-refractivity contribution in [3.63, 3.8) is 0 Å². The van der Waals surface area contributed by atoms with E-state index in [4.69, 9.17) is 9.15 Å². The molecule has 0 bridgehead atoms. The number of ether oxygens (including phenoxy) is 2. The summed E-state index contributed by atoms with van der Waals surface area (Å²) in [5.74, 6) is -1.18. The Hall–Kier alpha value is -2.87. The van der Waals surface area contributed by atoms with Gasteiger partial charge in [0.15, 0.2) is 11.3 Å². The van der Waals surface area contributed by atoms with E-state index in [9.17, 15) is 14.4 Å². The molecule has 130 valence electrons. The van der Waals surface area contributed by atoms with Crippen molar-refractivity contribution in [2.75, 3.05) is 19.0 Å². The molecule has 0 unspecified atom stereocenters. The SMILES string of the molecule is COC(=O)c1ccc(NC(=O)COC(=O)/C=C/c2ccc(Br)o2)cc1. The second-order valence-corrected chi connectivity index (χ2v) is 5.48. The summed E-state index contributed by atoms with van der Waals surface area (Å²) in [7, 11) is 1.28. The van der Waals surface area contributed by atoms with Gasteiger partial charge in [0.2, 0.25) is 0 Å². The average molecular weight is 408 g/mol. The molecule has 0 atom stereocenters. The Labute approximate surface area is 151 Å². The van der Waals surface area contributed by atoms with Crippen LogP contribution in [0.3, 0.4) is 0 Å². The minimum atomic E-state index is -0.677. The van der Waals surface area contributed by atoms with Gasteiger partial charge >= 0.3 is 11.9 Å². The molecule has 0 aliphatic rings. The van der Waals surface area contributed by atoms with Crippen molar-refractivity contribution in [2.24, 2.45) is 0 Å². The zero-order valence-corrected chi connectivity index (χ0v) is 14.7. The van der Waals surface area contributed by atoms with Crippen LogP contribution in [-0.4, -0.2) is 31.6 Å². The fourth-order valence-corrected chi connectivity index (χ4v) is 2.08. The number of nitrogens with one attached hydrogen (secondary N) is 1. The Morgan fingerprint density at radius 1 is 1.16 bits per heavy atom. The van der Waals surface area contributed by atoms with Crippen LogP contribution in [0, 0.1) is 0 Å². The number of esters is 2. The molecule has 0 aliphatic heterocycles. The van der Waals surface area contributed by atoms with Crippen LogP contribution in [0.25, 0.3) is 6.08 Å². The zero-order chi connectivity index (χ0) is 18.2. The first-order valence-corrected chi connectivity index (χ1v) is 7.85. The number of methoxy groups -OCH3 is 1. The van der Waals surface area contributed by atoms with E-state index in [1.54, 1.807) is 24.3 Å². The third-order valence-corrected chi connectivity index (χ3v) is 3.34. The summed E-state index contributed by atoms with van der Waals surface area (Å²) in [5.41, 5.74) is 0.825. The number of halogens is 1. The van der Waals surface area contributed by atoms with Crippen molar-refractivity contribution >= 4 is 45.5 Å². The monoisotopic (exact) mass is 407 g/mol. The molecule has 1 aromatic heterocycles. The molecular formula is C17H14BrNO6. The van der Waals surface area contributed by atoms with Crippen molar-refractivity contribution in [3.05, 3.63) is 58.5 Å². The summed E-state index contributed by atoms with van der Waals surface area (Å²) in [6.45, 7) is -0.441. The van der Waals surface area contributed by atoms with Crippen LogP contribution in [0.1, 0.15) is 16.1 Å². The van der Waals surface area contributed by atoms with Gasteiger partial charge in [0, 0.05) is 11.8 Å². The first kappa shape index (κ1) is 18.5. The van der Waals surface area contributed by atoms with Gasteiger partial charge in [-0.05, 0) is 58.4 Å². The Morgan fingerprint density at radius 3 is 2.48 bits per heavy atom. The van der Waals surface area contributed by atoms with Gasteiger partial charge in [-0.3, -0.25) is 4.79 Å². The van der Waals surface area contributed by atoms with Gasteiger partial charge < -0.3 is 19.2 Å². The fraction of sp³-hybridized carbons (Fsp3) is 0.118. The highest BCUT2D eigenvalue weighted by Crippen LogP contribution is 2.15. The van der Waals surface area contributed by atoms with Crippen molar-refractivity contribution in [3.8, 4) is 0 Å². The van der Waals surface area contributed by atoms with E-state index in [1.165, 1.54) is 25.3 Å². The summed E-state index contributed by atoms with van der Waals surface area (Å²) in [5, 5.41) is 2.54. The van der Waals surface area contributed by atoms with E-state index in [1.807, 2.05) is 0 Å². The second-order valence-electron chi connectivity index (χ2n) is 4.70. The Bertz CT molecular complexity index is 794. The molecule has 2 aromatic rings. The highest BCUT2D eigenvalue weighted by Gasteiger charge is 2.08. The van der Waals surface area contributed by atoms with Crippen LogP contribution in [0.2, 0.25) is 0 Å². The Balaban J connectivity index is 1.79. The first-order chi connectivity index (χ1) is 12.0. The molecule has 1 aromatic carbocycles. The molecule has 0 saturated carbocycles. The zero-order valence-electron chi connectivity index (χ0n) is 13.2. The summed E-state index contributed by atoms with van der Waals surface area (Å²) in [6.07, 6.45) is 2.58. The number of furan rings is 1. The molecule has 2 rings (SSSR count). The highest BCUT2D eigenvalue weighted by molar-refractivity contribution is 9.10. The van der Waals surface area contributed by atoms with E-state index in [0.29, 0.717) is 21.7 Å². The summed E-state index contributed by atoms with van der Waals surface area (Å²) >= 11 is 3.14. The van der Waals surface area contributed by atoms with E-state index in [0.717, 1.165) is 6.08 Å². The van der Waals surface area contributed by atoms with Gasteiger partial charge in [0.25, 0.3) is 5.91 Å². The maximum Gasteiger partial charge on any atom is 0.337 e. The van der Waals surface area contributed by atoms with Gasteiger partial charge in [-0.25, -0.2) is 9.59 Å². The lowest BCUT2D eigenvalue weighted by Gasteiger charge is -2.06. The Kier molecular flexibility index (Phi) is 6.53. The van der Waals surface area contributed by atoms with E-state index in [2.05, 4.69) is 26.0 Å². The smallest absolute Gasteiger partial charge is 0.337 e. The number of carbonyl (C=O) groups is 3. The largest absolute Gasteiger partial charge is 0.465 e. The maximum atomic E-state index is 11.7. The van der Waals surface area contributed by atoms with Crippen LogP contribution in [0.4, 0.5) is 5.69 Å². The molecule has 1 amide bonds. The number of carbonyl (C=O) groups excluding carboxylic acids is 3. The van der Waals surface area contributed by atoms with Crippen molar-refractivity contribution in [1.82, 2.24) is 0 Å². The van der Waals surface area contributed by atoms with Crippen LogP contribution in [0.15, 0.2) is 51.6 Å². The predicted molar refractivity (Wildman–Crippen MR) is 92.8 cm³/mol. The van der Waals surface area contributed by atoms with Gasteiger partial charge in [0.05, 0.1) is 12.7 Å². The number of rotatable bonds is 6. The molecule has 1 N–H and O–H groups in total. The van der Waals surface area contributed by atoms with Crippen molar-refractivity contribution in [1.29, 1.82) is 0 Å². The van der Waals surface area contributed by atoms with Crippen LogP contribution in [-0.2, 0) is 19.1 Å². The molecule has 8 heteroatoms. The third-order valence-electron chi connectivity index (χ3n) is 2.91. The molecule has 0 saturated heterocycles. The lowest BCUT2D eigenvalue weighted by Crippen LogP contribution is -2.20. The summed E-state index contributed by atoms with van der Waals surface area (Å²) in [4.78, 5) is 34.6. The predicted octanol–water partition coefficient (Wildman–Crippen LogP) is 3.02. The number of amides is 1. The van der Waals surface area contributed by atoms with E-state index < -0.39 is 24.5 Å². The minimum absolute atomic E-state index is 0.363. The molecule has 0 aliphatic carbocycles. The van der Waals surface area contributed by atoms with E-state index >= 15 is 0 Å². The number of hydrogen-bond acceptors (Lipinski definition) is 6. The quantitative estimate of drug-likeness (QED) is 0.583. The molecule has 0 fully saturated rings.